The summed E-state index contributed by atoms with van der Waals surface area (Å²) >= 11 is 0. The molecule has 4 N–H and O–H groups in total. The van der Waals surface area contributed by atoms with Crippen LogP contribution in [0.5, 0.6) is 5.75 Å². The number of aliphatic imine (C=N–C) groups is 1. The van der Waals surface area contributed by atoms with Crippen molar-refractivity contribution in [2.45, 2.75) is 168 Å². The molecule has 0 unspecified atom stereocenters. The van der Waals surface area contributed by atoms with Gasteiger partial charge in [-0.3, -0.25) is 35.6 Å². The van der Waals surface area contributed by atoms with Gasteiger partial charge in [-0.1, -0.05) is 63.3 Å². The van der Waals surface area contributed by atoms with Gasteiger partial charge < -0.3 is 18.9 Å². The number of carbonyl (C=O) groups excluding carboxylic acids is 3. The normalized spacial score (nSPS) is 19.9. The van der Waals surface area contributed by atoms with Crippen LogP contribution in [0.4, 0.5) is 34.8 Å². The van der Waals surface area contributed by atoms with Gasteiger partial charge in [0.1, 0.15) is 22.9 Å². The summed E-state index contributed by atoms with van der Waals surface area (Å²) in [7, 11) is -8.99. The summed E-state index contributed by atoms with van der Waals surface area (Å²) < 4.78 is 83.5. The average molecular weight is 929 g/mol. The van der Waals surface area contributed by atoms with E-state index < -0.39 is 31.2 Å². The molecule has 362 valence electrons. The topological polar surface area (TPSA) is 152 Å². The zero-order valence-electron chi connectivity index (χ0n) is 38.3. The van der Waals surface area contributed by atoms with E-state index in [2.05, 4.69) is 69.0 Å². The monoisotopic (exact) mass is 929 g/mol. The summed E-state index contributed by atoms with van der Waals surface area (Å²) in [6.07, 6.45) is 15.9. The maximum absolute atomic E-state index is 13.7. The average Bonchev–Trinajstić information content (AvgIpc) is 3.55. The Morgan fingerprint density at radius 3 is 1.97 bits per heavy atom. The van der Waals surface area contributed by atoms with Crippen LogP contribution in [-0.4, -0.2) is 84.2 Å². The number of methoxy groups -OCH3 is 1. The molecule has 1 aromatic rings. The molecule has 0 radical (unpaired) electrons. The summed E-state index contributed by atoms with van der Waals surface area (Å²) in [5.41, 5.74) is -0.327. The van der Waals surface area contributed by atoms with Gasteiger partial charge in [0.15, 0.2) is 0 Å². The van der Waals surface area contributed by atoms with Gasteiger partial charge in [0.25, 0.3) is 0 Å². The van der Waals surface area contributed by atoms with Crippen molar-refractivity contribution in [1.82, 2.24) is 21.3 Å². The number of hydrogen-bond donors (Lipinski definition) is 4. The van der Waals surface area contributed by atoms with Crippen LogP contribution in [0, 0.1) is 5.92 Å². The summed E-state index contributed by atoms with van der Waals surface area (Å²) in [5.74, 6) is 1.16. The van der Waals surface area contributed by atoms with Crippen molar-refractivity contribution in [3.05, 3.63) is 42.0 Å². The fourth-order valence-electron chi connectivity index (χ4n) is 6.99. The first-order valence-corrected chi connectivity index (χ1v) is 23.8. The molecule has 0 spiro atoms. The third kappa shape index (κ3) is 25.6. The molecule has 1 saturated heterocycles. The number of esters is 1. The van der Waals surface area contributed by atoms with E-state index >= 15 is 0 Å². The predicted octanol–water partition coefficient (Wildman–Crippen LogP) is 11.1. The Kier molecular flexibility index (Phi) is 20.5. The van der Waals surface area contributed by atoms with Gasteiger partial charge in [-0.25, -0.2) is 9.59 Å². The first-order valence-electron chi connectivity index (χ1n) is 21.8. The summed E-state index contributed by atoms with van der Waals surface area (Å²) in [4.78, 5) is 42.9. The first-order chi connectivity index (χ1) is 29.0. The van der Waals surface area contributed by atoms with Crippen LogP contribution < -0.4 is 26.0 Å². The second kappa shape index (κ2) is 23.6. The molecule has 3 rings (SSSR count). The fraction of sp³-hybridized carbons (Fsp3) is 0.698. The molecular weight excluding hydrogens is 857 g/mol. The second-order valence-corrected chi connectivity index (χ2v) is 19.7. The van der Waals surface area contributed by atoms with E-state index in [-0.39, 0.29) is 49.1 Å². The van der Waals surface area contributed by atoms with E-state index in [9.17, 15) is 39.6 Å². The fourth-order valence-corrected chi connectivity index (χ4v) is 6.99. The number of carbonyl (C=O) groups is 3. The molecule has 2 aliphatic heterocycles. The molecule has 2 aliphatic rings. The van der Waals surface area contributed by atoms with Crippen molar-refractivity contribution >= 4 is 37.9 Å². The van der Waals surface area contributed by atoms with Gasteiger partial charge in [-0.2, -0.15) is 0 Å². The molecule has 63 heavy (non-hydrogen) atoms. The van der Waals surface area contributed by atoms with E-state index in [1.807, 2.05) is 12.1 Å². The number of rotatable bonds is 18. The zero-order valence-corrected chi connectivity index (χ0v) is 39.2. The molecule has 20 heteroatoms. The SMILES string of the molecule is CCCCCCCC/C=C\C[C@@H]1CC[C@H]2[C@@H](C(=O)OCCCCN=C(NC(=O)OC(C)(C)C)NC(=O)OC(C)(C)C)[C@@H](C)NC(NCc3ccc(OC)cc3)=[N+]12.F[P-](F)(F)(F)(F)F. The van der Waals surface area contributed by atoms with Crippen LogP contribution in [0.3, 0.4) is 0 Å². The molecule has 2 heterocycles. The quantitative estimate of drug-likeness (QED) is 0.0130. The molecule has 13 nitrogen and oxygen atoms in total. The first kappa shape index (κ1) is 54.9. The van der Waals surface area contributed by atoms with Gasteiger partial charge >= 0.3 is 57.1 Å². The van der Waals surface area contributed by atoms with Crippen LogP contribution in [0.1, 0.15) is 138 Å². The van der Waals surface area contributed by atoms with E-state index in [0.29, 0.717) is 19.4 Å². The molecule has 0 saturated carbocycles. The number of nitrogens with zero attached hydrogens (tertiary/aromatic N) is 2. The summed E-state index contributed by atoms with van der Waals surface area (Å²) in [6, 6.07) is 8.20. The van der Waals surface area contributed by atoms with Crippen molar-refractivity contribution in [3.8, 4) is 5.75 Å². The summed E-state index contributed by atoms with van der Waals surface area (Å²) in [5, 5.41) is 12.3. The van der Waals surface area contributed by atoms with E-state index in [1.165, 1.54) is 38.5 Å². The Morgan fingerprint density at radius 1 is 0.841 bits per heavy atom. The number of nitrogens with one attached hydrogen (secondary N) is 4. The van der Waals surface area contributed by atoms with Crippen LogP contribution in [0.2, 0.25) is 0 Å². The predicted molar refractivity (Wildman–Crippen MR) is 235 cm³/mol. The molecule has 1 fully saturated rings. The van der Waals surface area contributed by atoms with Crippen LogP contribution in [0.15, 0.2) is 41.4 Å². The molecular formula is C43H71F6N6O7P. The van der Waals surface area contributed by atoms with Gasteiger partial charge in [-0.15, -0.1) is 0 Å². The third-order valence-corrected chi connectivity index (χ3v) is 9.62. The van der Waals surface area contributed by atoms with E-state index in [0.717, 1.165) is 43.0 Å². The number of amides is 2. The number of ether oxygens (including phenoxy) is 4. The van der Waals surface area contributed by atoms with Crippen molar-refractivity contribution in [2.24, 2.45) is 10.9 Å². The Bertz CT molecular complexity index is 1670. The number of alkyl carbamates (subject to hydrolysis) is 2. The van der Waals surface area contributed by atoms with Gasteiger partial charge in [0.2, 0.25) is 5.96 Å². The van der Waals surface area contributed by atoms with Crippen molar-refractivity contribution in [3.63, 3.8) is 0 Å². The zero-order chi connectivity index (χ0) is 47.5. The van der Waals surface area contributed by atoms with Crippen molar-refractivity contribution in [1.29, 1.82) is 0 Å². The molecule has 4 atom stereocenters. The second-order valence-electron chi connectivity index (χ2n) is 17.8. The number of allylic oxidation sites excluding steroid dienone is 1. The van der Waals surface area contributed by atoms with Gasteiger partial charge in [-0.05, 0) is 111 Å². The Labute approximate surface area is 368 Å². The third-order valence-electron chi connectivity index (χ3n) is 9.62. The van der Waals surface area contributed by atoms with Crippen LogP contribution >= 0.6 is 7.81 Å². The van der Waals surface area contributed by atoms with Crippen LogP contribution in [0.25, 0.3) is 0 Å². The number of unbranched alkanes of at least 4 members (excludes halogenated alkanes) is 7. The maximum atomic E-state index is 13.7. The standard InChI is InChI=1S/C43H70N6O7.F6P/c1-10-11-12-13-14-15-16-17-18-21-33-24-27-35-36(31(2)46-39(49(33)35)45-30-32-22-25-34(53-9)26-23-32)37(50)54-29-20-19-28-44-38(47-40(51)55-42(3,4)5)48-41(52)56-43(6,7)8;1-7(2,3,4,5)6/h17-18,22-23,25-26,31,33,35-36H,10-16,19-21,24,27-30H2,1-9H3,(H3,44,45,46,47,48,51,52);/q;-1/p+1/b18-17-;/t31-,33-,35+,36+;/m1./s1. The van der Waals surface area contributed by atoms with E-state index in [4.69, 9.17) is 18.9 Å². The molecule has 0 aromatic heterocycles. The number of halogens is 6. The molecule has 0 aliphatic carbocycles. The molecule has 0 bridgehead atoms. The molecule has 2 amide bonds. The number of guanidine groups is 2. The molecule has 1 aromatic carbocycles. The van der Waals surface area contributed by atoms with Crippen LogP contribution in [-0.2, 0) is 25.5 Å². The van der Waals surface area contributed by atoms with Crippen molar-refractivity contribution < 1.29 is 63.1 Å². The van der Waals surface area contributed by atoms with Crippen molar-refractivity contribution in [2.75, 3.05) is 20.3 Å². The van der Waals surface area contributed by atoms with Gasteiger partial charge in [0.05, 0.1) is 38.4 Å². The van der Waals surface area contributed by atoms with E-state index in [1.54, 1.807) is 48.7 Å². The number of hydrogen-bond acceptors (Lipinski definition) is 10. The number of benzene rings is 1. The minimum absolute atomic E-state index is 0.0131. The minimum atomic E-state index is -10.7. The number of fused-ring (bicyclic) bond motifs is 1. The Morgan fingerprint density at radius 2 is 1.41 bits per heavy atom. The Balaban J connectivity index is 0.00000179. The summed E-state index contributed by atoms with van der Waals surface area (Å²) in [6.45, 7) is 15.9. The Hall–Kier alpha value is -4.28. The van der Waals surface area contributed by atoms with Gasteiger partial charge in [0, 0.05) is 6.54 Å².